The molecule has 0 aromatic heterocycles. The molecule has 170 valence electrons. The van der Waals surface area contributed by atoms with E-state index < -0.39 is 17.9 Å². The Morgan fingerprint density at radius 3 is 2.70 bits per heavy atom. The average Bonchev–Trinajstić information content (AvgIpc) is 3.10. The molecular weight excluding hydrogens is 541 g/mol. The minimum atomic E-state index is -0.684. The van der Waals surface area contributed by atoms with Crippen molar-refractivity contribution in [1.82, 2.24) is 10.2 Å². The van der Waals surface area contributed by atoms with Gasteiger partial charge >= 0.3 is 0 Å². The number of primary amides is 1. The van der Waals surface area contributed by atoms with Gasteiger partial charge in [-0.1, -0.05) is 6.07 Å². The molecule has 4 rings (SSSR count). The molecule has 11 heteroatoms. The normalized spacial score (nSPS) is 17.4. The molecule has 0 radical (unpaired) electrons. The summed E-state index contributed by atoms with van der Waals surface area (Å²) in [6, 6.07) is 9.03. The van der Waals surface area contributed by atoms with Crippen molar-refractivity contribution in [3.63, 3.8) is 0 Å². The summed E-state index contributed by atoms with van der Waals surface area (Å²) in [5, 5.41) is 8.04. The molecule has 2 aromatic carbocycles. The van der Waals surface area contributed by atoms with Crippen LogP contribution in [0.2, 0.25) is 0 Å². The zero-order valence-electron chi connectivity index (χ0n) is 17.3. The number of anilines is 2. The van der Waals surface area contributed by atoms with E-state index in [0.29, 0.717) is 28.9 Å². The van der Waals surface area contributed by atoms with Gasteiger partial charge in [-0.15, -0.1) is 0 Å². The number of rotatable bonds is 6. The van der Waals surface area contributed by atoms with Gasteiger partial charge in [0.1, 0.15) is 6.04 Å². The molecule has 1 atom stereocenters. The van der Waals surface area contributed by atoms with E-state index >= 15 is 0 Å². The Bertz CT molecular complexity index is 1200. The minimum absolute atomic E-state index is 0.0413. The van der Waals surface area contributed by atoms with Crippen molar-refractivity contribution < 1.29 is 24.0 Å². The number of carbonyl (C=O) groups excluding carboxylic acids is 5. The zero-order valence-corrected chi connectivity index (χ0v) is 19.5. The molecule has 2 heterocycles. The Labute approximate surface area is 202 Å². The molecule has 0 spiro atoms. The molecule has 0 aliphatic carbocycles. The Balaban J connectivity index is 1.42. The Kier molecular flexibility index (Phi) is 6.31. The fraction of sp³-hybridized carbons (Fsp3) is 0.227. The number of hydrogen-bond acceptors (Lipinski definition) is 6. The summed E-state index contributed by atoms with van der Waals surface area (Å²) in [6.45, 7) is 0.209. The summed E-state index contributed by atoms with van der Waals surface area (Å²) < 4.78 is 0.775. The van der Waals surface area contributed by atoms with Crippen LogP contribution >= 0.6 is 22.6 Å². The average molecular weight is 561 g/mol. The van der Waals surface area contributed by atoms with Gasteiger partial charge in [-0.3, -0.25) is 29.3 Å². The highest BCUT2D eigenvalue weighted by atomic mass is 127. The SMILES string of the molecule is NC(=O)c1cccc(NC(=O)CNc2ccc3c(c2I)CN(C2CCC(=O)NC2=O)C3=O)c1. The number of nitrogens with one attached hydrogen (secondary N) is 3. The highest BCUT2D eigenvalue weighted by Crippen LogP contribution is 2.34. The highest BCUT2D eigenvalue weighted by molar-refractivity contribution is 14.1. The van der Waals surface area contributed by atoms with E-state index in [2.05, 4.69) is 38.5 Å². The molecule has 1 unspecified atom stereocenters. The molecule has 2 aliphatic rings. The first kappa shape index (κ1) is 22.7. The number of benzene rings is 2. The quantitative estimate of drug-likeness (QED) is 0.308. The number of amides is 5. The van der Waals surface area contributed by atoms with Gasteiger partial charge < -0.3 is 21.3 Å². The largest absolute Gasteiger partial charge is 0.375 e. The van der Waals surface area contributed by atoms with Crippen LogP contribution in [0.1, 0.15) is 39.1 Å². The number of carbonyl (C=O) groups is 5. The molecule has 1 fully saturated rings. The summed E-state index contributed by atoms with van der Waals surface area (Å²) >= 11 is 2.11. The molecule has 5 amide bonds. The van der Waals surface area contributed by atoms with Gasteiger partial charge in [0, 0.05) is 39.0 Å². The van der Waals surface area contributed by atoms with Crippen LogP contribution in [0.4, 0.5) is 11.4 Å². The van der Waals surface area contributed by atoms with Crippen molar-refractivity contribution in [3.8, 4) is 0 Å². The number of halogens is 1. The standard InChI is InChI=1S/C22H20IN5O5/c23-19-14-10-28(16-6-7-17(29)27-21(16)32)22(33)13(14)4-5-15(19)25-9-18(30)26-12-3-1-2-11(8-12)20(24)31/h1-5,8,16,25H,6-7,9-10H2,(H2,24,31)(H,26,30)(H,27,29,32). The van der Waals surface area contributed by atoms with E-state index in [9.17, 15) is 24.0 Å². The summed E-state index contributed by atoms with van der Waals surface area (Å²) in [6.07, 6.45) is 0.487. The van der Waals surface area contributed by atoms with Crippen LogP contribution in [-0.4, -0.2) is 47.0 Å². The number of fused-ring (bicyclic) bond motifs is 1. The maximum Gasteiger partial charge on any atom is 0.255 e. The third kappa shape index (κ3) is 4.67. The van der Waals surface area contributed by atoms with Crippen LogP contribution in [0.15, 0.2) is 36.4 Å². The molecule has 0 bridgehead atoms. The third-order valence-electron chi connectivity index (χ3n) is 5.52. The van der Waals surface area contributed by atoms with E-state index in [0.717, 1.165) is 9.13 Å². The first-order chi connectivity index (χ1) is 15.7. The summed E-state index contributed by atoms with van der Waals surface area (Å²) in [7, 11) is 0. The fourth-order valence-corrected chi connectivity index (χ4v) is 4.70. The predicted molar refractivity (Wildman–Crippen MR) is 127 cm³/mol. The number of hydrogen-bond donors (Lipinski definition) is 4. The van der Waals surface area contributed by atoms with Gasteiger partial charge in [-0.05, 0) is 64.9 Å². The van der Waals surface area contributed by atoms with Crippen molar-refractivity contribution >= 4 is 63.5 Å². The van der Waals surface area contributed by atoms with Crippen molar-refractivity contribution in [2.24, 2.45) is 5.73 Å². The van der Waals surface area contributed by atoms with Crippen LogP contribution in [0, 0.1) is 3.57 Å². The van der Waals surface area contributed by atoms with Crippen LogP contribution in [0.5, 0.6) is 0 Å². The van der Waals surface area contributed by atoms with E-state index in [4.69, 9.17) is 5.73 Å². The van der Waals surface area contributed by atoms with Crippen molar-refractivity contribution in [2.45, 2.75) is 25.4 Å². The summed E-state index contributed by atoms with van der Waals surface area (Å²) in [5.41, 5.74) is 7.95. The van der Waals surface area contributed by atoms with Crippen molar-refractivity contribution in [2.75, 3.05) is 17.2 Å². The lowest BCUT2D eigenvalue weighted by Gasteiger charge is -2.29. The molecule has 10 nitrogen and oxygen atoms in total. The second-order valence-corrected chi connectivity index (χ2v) is 8.78. The minimum Gasteiger partial charge on any atom is -0.375 e. The van der Waals surface area contributed by atoms with E-state index in [1.165, 1.54) is 11.0 Å². The van der Waals surface area contributed by atoms with Crippen LogP contribution in [0.3, 0.4) is 0 Å². The second kappa shape index (κ2) is 9.17. The topological polar surface area (TPSA) is 151 Å². The van der Waals surface area contributed by atoms with Crippen molar-refractivity contribution in [3.05, 3.63) is 56.7 Å². The lowest BCUT2D eigenvalue weighted by atomic mass is 10.0. The highest BCUT2D eigenvalue weighted by Gasteiger charge is 2.40. The molecular formula is C22H20IN5O5. The molecule has 5 N–H and O–H groups in total. The first-order valence-corrected chi connectivity index (χ1v) is 11.2. The van der Waals surface area contributed by atoms with Gasteiger partial charge in [0.2, 0.25) is 23.6 Å². The summed E-state index contributed by atoms with van der Waals surface area (Å²) in [4.78, 5) is 61.6. The number of imide groups is 1. The lowest BCUT2D eigenvalue weighted by molar-refractivity contribution is -0.137. The molecule has 0 saturated carbocycles. The van der Waals surface area contributed by atoms with Crippen LogP contribution in [0.25, 0.3) is 0 Å². The monoisotopic (exact) mass is 561 g/mol. The number of nitrogens with zero attached hydrogens (tertiary/aromatic N) is 1. The molecule has 33 heavy (non-hydrogen) atoms. The molecule has 2 aromatic rings. The predicted octanol–water partition coefficient (Wildman–Crippen LogP) is 1.20. The first-order valence-electron chi connectivity index (χ1n) is 10.1. The Hall–Kier alpha value is -3.48. The molecule has 2 aliphatic heterocycles. The Morgan fingerprint density at radius 1 is 1.18 bits per heavy atom. The van der Waals surface area contributed by atoms with Crippen LogP contribution < -0.4 is 21.7 Å². The number of nitrogens with two attached hydrogens (primary N) is 1. The second-order valence-electron chi connectivity index (χ2n) is 7.70. The summed E-state index contributed by atoms with van der Waals surface area (Å²) in [5.74, 6) is -1.96. The zero-order chi connectivity index (χ0) is 23.7. The number of piperidine rings is 1. The molecule has 1 saturated heterocycles. The van der Waals surface area contributed by atoms with Gasteiger partial charge in [-0.25, -0.2) is 0 Å². The Morgan fingerprint density at radius 2 is 1.97 bits per heavy atom. The van der Waals surface area contributed by atoms with Crippen molar-refractivity contribution in [1.29, 1.82) is 0 Å². The van der Waals surface area contributed by atoms with E-state index in [1.807, 2.05) is 0 Å². The van der Waals surface area contributed by atoms with Gasteiger partial charge in [-0.2, -0.15) is 0 Å². The van der Waals surface area contributed by atoms with Gasteiger partial charge in [0.05, 0.1) is 6.54 Å². The van der Waals surface area contributed by atoms with E-state index in [-0.39, 0.29) is 37.2 Å². The van der Waals surface area contributed by atoms with Gasteiger partial charge in [0.15, 0.2) is 0 Å². The maximum absolute atomic E-state index is 12.9. The third-order valence-corrected chi connectivity index (χ3v) is 6.75. The van der Waals surface area contributed by atoms with Crippen LogP contribution in [-0.2, 0) is 20.9 Å². The maximum atomic E-state index is 12.9. The lowest BCUT2D eigenvalue weighted by Crippen LogP contribution is -2.52. The van der Waals surface area contributed by atoms with Gasteiger partial charge in [0.25, 0.3) is 5.91 Å². The smallest absolute Gasteiger partial charge is 0.255 e. The van der Waals surface area contributed by atoms with E-state index in [1.54, 1.807) is 30.3 Å². The fourth-order valence-electron chi connectivity index (χ4n) is 3.87.